The maximum Gasteiger partial charge on any atom is 0.220 e. The van der Waals surface area contributed by atoms with Gasteiger partial charge in [-0.1, -0.05) is 30.3 Å². The molecule has 0 aliphatic heterocycles. The van der Waals surface area contributed by atoms with E-state index in [-0.39, 0.29) is 36.8 Å². The minimum Gasteiger partial charge on any atom is -0.355 e. The van der Waals surface area contributed by atoms with Gasteiger partial charge >= 0.3 is 0 Å². The van der Waals surface area contributed by atoms with Crippen LogP contribution in [0.15, 0.2) is 30.3 Å². The number of hydrogen-bond donors (Lipinski definition) is 2. The molecule has 21 heavy (non-hydrogen) atoms. The highest BCUT2D eigenvalue weighted by Gasteiger charge is 2.04. The Balaban J connectivity index is 0. The van der Waals surface area contributed by atoms with E-state index in [1.54, 1.807) is 0 Å². The Morgan fingerprint density at radius 3 is 2.48 bits per heavy atom. The van der Waals surface area contributed by atoms with Crippen molar-refractivity contribution in [2.75, 3.05) is 20.1 Å². The second kappa shape index (κ2) is 12.9. The minimum atomic E-state index is 0. The van der Waals surface area contributed by atoms with Gasteiger partial charge in [0.15, 0.2) is 0 Å². The molecule has 6 heteroatoms. The smallest absolute Gasteiger partial charge is 0.220 e. The Labute approximate surface area is 140 Å². The zero-order valence-corrected chi connectivity index (χ0v) is 14.4. The molecular formula is C15H27Cl2N3O. The van der Waals surface area contributed by atoms with Gasteiger partial charge in [-0.15, -0.1) is 24.8 Å². The first kappa shape index (κ1) is 22.5. The van der Waals surface area contributed by atoms with E-state index in [1.807, 2.05) is 25.1 Å². The number of halogens is 2. The van der Waals surface area contributed by atoms with E-state index in [4.69, 9.17) is 5.73 Å². The van der Waals surface area contributed by atoms with E-state index in [1.165, 1.54) is 5.56 Å². The van der Waals surface area contributed by atoms with Gasteiger partial charge in [-0.05, 0) is 26.0 Å². The molecule has 1 amide bonds. The van der Waals surface area contributed by atoms with E-state index in [0.29, 0.717) is 13.0 Å². The lowest BCUT2D eigenvalue weighted by Crippen LogP contribution is -2.33. The first-order chi connectivity index (χ1) is 9.08. The van der Waals surface area contributed by atoms with Gasteiger partial charge in [0.2, 0.25) is 5.91 Å². The SMILES string of the molecule is CC(N)CCC(=O)NCCN(C)Cc1ccccc1.Cl.Cl. The van der Waals surface area contributed by atoms with Gasteiger partial charge in [-0.3, -0.25) is 4.79 Å². The lowest BCUT2D eigenvalue weighted by Gasteiger charge is -2.17. The van der Waals surface area contributed by atoms with Crippen LogP contribution in [0.4, 0.5) is 0 Å². The number of benzene rings is 1. The molecule has 3 N–H and O–H groups in total. The summed E-state index contributed by atoms with van der Waals surface area (Å²) in [6, 6.07) is 10.4. The molecule has 0 fully saturated rings. The third-order valence-electron chi connectivity index (χ3n) is 2.94. The standard InChI is InChI=1S/C15H25N3O.2ClH/c1-13(16)8-9-15(19)17-10-11-18(2)12-14-6-4-3-5-7-14;;/h3-7,13H,8-12,16H2,1-2H3,(H,17,19);2*1H. The lowest BCUT2D eigenvalue weighted by atomic mass is 10.2. The van der Waals surface area contributed by atoms with Crippen LogP contribution in [-0.2, 0) is 11.3 Å². The summed E-state index contributed by atoms with van der Waals surface area (Å²) in [5.74, 6) is 0.0883. The first-order valence-corrected chi connectivity index (χ1v) is 6.82. The molecule has 1 rings (SSSR count). The second-order valence-corrected chi connectivity index (χ2v) is 5.09. The predicted molar refractivity (Wildman–Crippen MR) is 93.2 cm³/mol. The van der Waals surface area contributed by atoms with Crippen molar-refractivity contribution in [3.8, 4) is 0 Å². The molecule has 0 heterocycles. The van der Waals surface area contributed by atoms with Gasteiger partial charge in [0.1, 0.15) is 0 Å². The van der Waals surface area contributed by atoms with Gasteiger partial charge in [-0.25, -0.2) is 0 Å². The molecule has 122 valence electrons. The number of likely N-dealkylation sites (N-methyl/N-ethyl adjacent to an activating group) is 1. The number of carbonyl (C=O) groups is 1. The highest BCUT2D eigenvalue weighted by molar-refractivity contribution is 5.85. The normalized spacial score (nSPS) is 11.2. The molecule has 0 saturated carbocycles. The fourth-order valence-corrected chi connectivity index (χ4v) is 1.81. The monoisotopic (exact) mass is 335 g/mol. The highest BCUT2D eigenvalue weighted by Crippen LogP contribution is 2.01. The maximum atomic E-state index is 11.5. The van der Waals surface area contributed by atoms with Gasteiger partial charge in [-0.2, -0.15) is 0 Å². The summed E-state index contributed by atoms with van der Waals surface area (Å²) in [5, 5.41) is 2.92. The van der Waals surface area contributed by atoms with Crippen molar-refractivity contribution in [1.82, 2.24) is 10.2 Å². The summed E-state index contributed by atoms with van der Waals surface area (Å²) in [4.78, 5) is 13.7. The van der Waals surface area contributed by atoms with Gasteiger partial charge in [0, 0.05) is 32.1 Å². The molecule has 0 aliphatic rings. The topological polar surface area (TPSA) is 58.4 Å². The molecular weight excluding hydrogens is 309 g/mol. The molecule has 1 aromatic rings. The van der Waals surface area contributed by atoms with Crippen LogP contribution in [0.3, 0.4) is 0 Å². The Morgan fingerprint density at radius 2 is 1.90 bits per heavy atom. The zero-order chi connectivity index (χ0) is 14.1. The molecule has 0 bridgehead atoms. The van der Waals surface area contributed by atoms with Crippen LogP contribution in [0, 0.1) is 0 Å². The number of amides is 1. The molecule has 1 aromatic carbocycles. The zero-order valence-electron chi connectivity index (χ0n) is 12.7. The fraction of sp³-hybridized carbons (Fsp3) is 0.533. The Hall–Kier alpha value is -0.810. The lowest BCUT2D eigenvalue weighted by molar-refractivity contribution is -0.121. The van der Waals surface area contributed by atoms with E-state index in [2.05, 4.69) is 29.4 Å². The number of nitrogens with zero attached hydrogens (tertiary/aromatic N) is 1. The van der Waals surface area contributed by atoms with Gasteiger partial charge < -0.3 is 16.0 Å². The fourth-order valence-electron chi connectivity index (χ4n) is 1.81. The Kier molecular flexibility index (Phi) is 13.8. The van der Waals surface area contributed by atoms with E-state index in [9.17, 15) is 4.79 Å². The molecule has 0 radical (unpaired) electrons. The van der Waals surface area contributed by atoms with E-state index >= 15 is 0 Å². The van der Waals surface area contributed by atoms with Crippen molar-refractivity contribution >= 4 is 30.7 Å². The van der Waals surface area contributed by atoms with Crippen LogP contribution >= 0.6 is 24.8 Å². The summed E-state index contributed by atoms with van der Waals surface area (Å²) in [6.45, 7) is 4.34. The van der Waals surface area contributed by atoms with Gasteiger partial charge in [0.25, 0.3) is 0 Å². The molecule has 0 saturated heterocycles. The number of hydrogen-bond acceptors (Lipinski definition) is 3. The summed E-state index contributed by atoms with van der Waals surface area (Å²) >= 11 is 0. The van der Waals surface area contributed by atoms with Crippen LogP contribution in [0.25, 0.3) is 0 Å². The maximum absolute atomic E-state index is 11.5. The van der Waals surface area contributed by atoms with Crippen molar-refractivity contribution in [3.63, 3.8) is 0 Å². The second-order valence-electron chi connectivity index (χ2n) is 5.09. The van der Waals surface area contributed by atoms with Crippen molar-refractivity contribution < 1.29 is 4.79 Å². The Morgan fingerprint density at radius 1 is 1.29 bits per heavy atom. The average Bonchev–Trinajstić information content (AvgIpc) is 2.37. The van der Waals surface area contributed by atoms with Crippen molar-refractivity contribution in [2.24, 2.45) is 5.73 Å². The average molecular weight is 336 g/mol. The number of carbonyl (C=O) groups excluding carboxylic acids is 1. The third-order valence-corrected chi connectivity index (χ3v) is 2.94. The summed E-state index contributed by atoms with van der Waals surface area (Å²) in [6.07, 6.45) is 1.26. The van der Waals surface area contributed by atoms with Crippen LogP contribution in [-0.4, -0.2) is 37.0 Å². The summed E-state index contributed by atoms with van der Waals surface area (Å²) < 4.78 is 0. The van der Waals surface area contributed by atoms with E-state index in [0.717, 1.165) is 19.5 Å². The first-order valence-electron chi connectivity index (χ1n) is 6.82. The predicted octanol–water partition coefficient (Wildman–Crippen LogP) is 2.21. The molecule has 4 nitrogen and oxygen atoms in total. The largest absolute Gasteiger partial charge is 0.355 e. The van der Waals surface area contributed by atoms with Crippen LogP contribution in [0.1, 0.15) is 25.3 Å². The number of nitrogens with two attached hydrogens (primary N) is 1. The van der Waals surface area contributed by atoms with Gasteiger partial charge in [0.05, 0.1) is 0 Å². The van der Waals surface area contributed by atoms with Crippen LogP contribution in [0.5, 0.6) is 0 Å². The minimum absolute atomic E-state index is 0. The number of rotatable bonds is 8. The third kappa shape index (κ3) is 11.5. The highest BCUT2D eigenvalue weighted by atomic mass is 35.5. The van der Waals surface area contributed by atoms with Crippen LogP contribution in [0.2, 0.25) is 0 Å². The van der Waals surface area contributed by atoms with Crippen molar-refractivity contribution in [3.05, 3.63) is 35.9 Å². The molecule has 0 spiro atoms. The Bertz CT molecular complexity index is 374. The molecule has 0 aliphatic carbocycles. The molecule has 0 aromatic heterocycles. The molecule has 1 unspecified atom stereocenters. The quantitative estimate of drug-likeness (QED) is 0.765. The van der Waals surface area contributed by atoms with Crippen molar-refractivity contribution in [2.45, 2.75) is 32.4 Å². The summed E-state index contributed by atoms with van der Waals surface area (Å²) in [5.41, 5.74) is 6.90. The molecule has 1 atom stereocenters. The summed E-state index contributed by atoms with van der Waals surface area (Å²) in [7, 11) is 2.06. The number of nitrogens with one attached hydrogen (secondary N) is 1. The van der Waals surface area contributed by atoms with E-state index < -0.39 is 0 Å². The van der Waals surface area contributed by atoms with Crippen molar-refractivity contribution in [1.29, 1.82) is 0 Å². The van der Waals surface area contributed by atoms with Crippen LogP contribution < -0.4 is 11.1 Å².